The number of carbonyl (C=O) groups excluding carboxylic acids is 1. The normalized spacial score (nSPS) is 10.2. The van der Waals surface area contributed by atoms with Gasteiger partial charge in [0.15, 0.2) is 0 Å². The lowest BCUT2D eigenvalue weighted by atomic mass is 10.0. The number of rotatable bonds is 3. The minimum absolute atomic E-state index is 0.0866. The summed E-state index contributed by atoms with van der Waals surface area (Å²) in [4.78, 5) is 25.6. The van der Waals surface area contributed by atoms with Gasteiger partial charge in [-0.05, 0) is 17.0 Å². The van der Waals surface area contributed by atoms with Gasteiger partial charge in [-0.1, -0.05) is 18.2 Å². The fourth-order valence-corrected chi connectivity index (χ4v) is 1.59. The number of benzene rings is 1. The van der Waals surface area contributed by atoms with Gasteiger partial charge in [0, 0.05) is 24.2 Å². The van der Waals surface area contributed by atoms with Gasteiger partial charge < -0.3 is 5.11 Å². The number of aromatic nitrogens is 1. The van der Waals surface area contributed by atoms with Gasteiger partial charge in [-0.3, -0.25) is 9.78 Å². The highest BCUT2D eigenvalue weighted by atomic mass is 16.4. The Morgan fingerprint density at radius 3 is 2.81 bits per heavy atom. The monoisotopic (exact) mass is 215 g/mol. The van der Waals surface area contributed by atoms with Crippen LogP contribution in [0.2, 0.25) is 0 Å². The number of ketones is 1. The molecule has 1 aromatic carbocycles. The van der Waals surface area contributed by atoms with Gasteiger partial charge in [0.05, 0.1) is 0 Å². The number of Topliss-reactive ketones (excluding diaryl/α,β-unsaturated/α-hetero) is 1. The van der Waals surface area contributed by atoms with Gasteiger partial charge >= 0.3 is 5.97 Å². The maximum absolute atomic E-state index is 11.1. The lowest BCUT2D eigenvalue weighted by molar-refractivity contribution is -0.148. The summed E-state index contributed by atoms with van der Waals surface area (Å²) in [7, 11) is 0. The zero-order chi connectivity index (χ0) is 11.5. The molecule has 0 aliphatic heterocycles. The number of hydrogen-bond acceptors (Lipinski definition) is 3. The highest BCUT2D eigenvalue weighted by Crippen LogP contribution is 2.17. The Hall–Kier alpha value is -2.23. The molecule has 0 fully saturated rings. The highest BCUT2D eigenvalue weighted by Gasteiger charge is 2.13. The Bertz CT molecular complexity index is 558. The van der Waals surface area contributed by atoms with Crippen molar-refractivity contribution in [3.8, 4) is 0 Å². The number of carboxylic acid groups (broad SMARTS) is 1. The van der Waals surface area contributed by atoms with Crippen molar-refractivity contribution in [3.05, 3.63) is 42.2 Å². The molecule has 80 valence electrons. The van der Waals surface area contributed by atoms with Crippen molar-refractivity contribution in [2.24, 2.45) is 0 Å². The molecular formula is C12H9NO3. The molecular weight excluding hydrogens is 206 g/mol. The van der Waals surface area contributed by atoms with Crippen LogP contribution in [-0.4, -0.2) is 21.8 Å². The number of pyridine rings is 1. The molecule has 0 atom stereocenters. The summed E-state index contributed by atoms with van der Waals surface area (Å²) in [5.74, 6) is -2.20. The molecule has 0 aliphatic carbocycles. The molecule has 0 bridgehead atoms. The van der Waals surface area contributed by atoms with Crippen LogP contribution >= 0.6 is 0 Å². The van der Waals surface area contributed by atoms with E-state index in [-0.39, 0.29) is 6.42 Å². The Labute approximate surface area is 91.5 Å². The molecule has 1 heterocycles. The smallest absolute Gasteiger partial charge is 0.372 e. The molecule has 2 rings (SSSR count). The van der Waals surface area contributed by atoms with E-state index in [1.54, 1.807) is 30.6 Å². The maximum atomic E-state index is 11.1. The number of fused-ring (bicyclic) bond motifs is 1. The first kappa shape index (κ1) is 10.3. The van der Waals surface area contributed by atoms with Crippen LogP contribution in [0.1, 0.15) is 5.56 Å². The second-order valence-corrected chi connectivity index (χ2v) is 3.42. The van der Waals surface area contributed by atoms with E-state index in [1.165, 1.54) is 0 Å². The van der Waals surface area contributed by atoms with Gasteiger partial charge in [0.1, 0.15) is 0 Å². The summed E-state index contributed by atoms with van der Waals surface area (Å²) >= 11 is 0. The summed E-state index contributed by atoms with van der Waals surface area (Å²) in [6, 6.07) is 7.19. The number of carbonyl (C=O) groups is 2. The van der Waals surface area contributed by atoms with E-state index in [2.05, 4.69) is 4.98 Å². The molecule has 0 saturated carbocycles. The largest absolute Gasteiger partial charge is 0.475 e. The molecule has 0 radical (unpaired) electrons. The quantitative estimate of drug-likeness (QED) is 0.786. The lowest BCUT2D eigenvalue weighted by Crippen LogP contribution is -2.15. The van der Waals surface area contributed by atoms with Crippen molar-refractivity contribution in [1.29, 1.82) is 0 Å². The van der Waals surface area contributed by atoms with E-state index in [0.29, 0.717) is 5.56 Å². The van der Waals surface area contributed by atoms with Crippen LogP contribution in [0.15, 0.2) is 36.7 Å². The molecule has 2 aromatic rings. The second-order valence-electron chi connectivity index (χ2n) is 3.42. The minimum atomic E-state index is -1.40. The number of aliphatic carboxylic acids is 1. The molecule has 4 nitrogen and oxygen atoms in total. The first-order valence-electron chi connectivity index (χ1n) is 4.76. The van der Waals surface area contributed by atoms with E-state index in [1.807, 2.05) is 6.07 Å². The van der Waals surface area contributed by atoms with Crippen LogP contribution < -0.4 is 0 Å². The van der Waals surface area contributed by atoms with Crippen molar-refractivity contribution >= 4 is 22.5 Å². The number of carboxylic acids is 1. The maximum Gasteiger partial charge on any atom is 0.372 e. The van der Waals surface area contributed by atoms with Crippen molar-refractivity contribution in [2.75, 3.05) is 0 Å². The fraction of sp³-hybridized carbons (Fsp3) is 0.0833. The highest BCUT2D eigenvalue weighted by molar-refractivity contribution is 6.33. The van der Waals surface area contributed by atoms with Crippen LogP contribution in [0.5, 0.6) is 0 Å². The molecule has 1 aromatic heterocycles. The minimum Gasteiger partial charge on any atom is -0.475 e. The van der Waals surface area contributed by atoms with Gasteiger partial charge in [0.2, 0.25) is 5.78 Å². The van der Waals surface area contributed by atoms with Crippen molar-refractivity contribution in [1.82, 2.24) is 4.98 Å². The fourth-order valence-electron chi connectivity index (χ4n) is 1.59. The molecule has 0 amide bonds. The summed E-state index contributed by atoms with van der Waals surface area (Å²) in [6.45, 7) is 0. The molecule has 1 N–H and O–H groups in total. The zero-order valence-corrected chi connectivity index (χ0v) is 8.38. The van der Waals surface area contributed by atoms with Crippen molar-refractivity contribution in [2.45, 2.75) is 6.42 Å². The van der Waals surface area contributed by atoms with E-state index >= 15 is 0 Å². The Kier molecular flexibility index (Phi) is 2.64. The van der Waals surface area contributed by atoms with Gasteiger partial charge in [-0.15, -0.1) is 0 Å². The molecule has 0 unspecified atom stereocenters. The first-order valence-corrected chi connectivity index (χ1v) is 4.76. The molecule has 4 heteroatoms. The van der Waals surface area contributed by atoms with Gasteiger partial charge in [-0.25, -0.2) is 4.79 Å². The predicted molar refractivity (Wildman–Crippen MR) is 58.1 cm³/mol. The third kappa shape index (κ3) is 1.91. The Morgan fingerprint density at radius 2 is 2.06 bits per heavy atom. The van der Waals surface area contributed by atoms with E-state index in [9.17, 15) is 9.59 Å². The van der Waals surface area contributed by atoms with Crippen molar-refractivity contribution in [3.63, 3.8) is 0 Å². The van der Waals surface area contributed by atoms with Gasteiger partial charge in [-0.2, -0.15) is 0 Å². The van der Waals surface area contributed by atoms with Crippen LogP contribution in [0.25, 0.3) is 10.8 Å². The third-order valence-corrected chi connectivity index (χ3v) is 2.36. The summed E-state index contributed by atoms with van der Waals surface area (Å²) < 4.78 is 0. The average molecular weight is 215 g/mol. The molecule has 0 aliphatic rings. The molecule has 0 saturated heterocycles. The lowest BCUT2D eigenvalue weighted by Gasteiger charge is -2.03. The Balaban J connectivity index is 2.45. The van der Waals surface area contributed by atoms with Crippen LogP contribution in [0.4, 0.5) is 0 Å². The number of nitrogens with zero attached hydrogens (tertiary/aromatic N) is 1. The second kappa shape index (κ2) is 4.10. The van der Waals surface area contributed by atoms with Crippen molar-refractivity contribution < 1.29 is 14.7 Å². The zero-order valence-electron chi connectivity index (χ0n) is 8.38. The van der Waals surface area contributed by atoms with Crippen LogP contribution in [0, 0.1) is 0 Å². The number of hydrogen-bond donors (Lipinski definition) is 1. The standard InChI is InChI=1S/C12H9NO3/c14-11(12(15)16)6-8-2-1-3-9-7-13-5-4-10(8)9/h1-5,7H,6H2,(H,15,16). The van der Waals surface area contributed by atoms with E-state index in [4.69, 9.17) is 5.11 Å². The van der Waals surface area contributed by atoms with Crippen LogP contribution in [-0.2, 0) is 16.0 Å². The summed E-state index contributed by atoms with van der Waals surface area (Å²) in [5.41, 5.74) is 0.715. The SMILES string of the molecule is O=C(O)C(=O)Cc1cccc2cnccc12. The molecule has 0 spiro atoms. The third-order valence-electron chi connectivity index (χ3n) is 2.36. The summed E-state index contributed by atoms with van der Waals surface area (Å²) in [5, 5.41) is 10.3. The Morgan fingerprint density at radius 1 is 1.25 bits per heavy atom. The van der Waals surface area contributed by atoms with E-state index in [0.717, 1.165) is 10.8 Å². The van der Waals surface area contributed by atoms with Gasteiger partial charge in [0.25, 0.3) is 0 Å². The topological polar surface area (TPSA) is 67.3 Å². The first-order chi connectivity index (χ1) is 7.68. The average Bonchev–Trinajstić information content (AvgIpc) is 2.29. The predicted octanol–water partition coefficient (Wildman–Crippen LogP) is 1.43. The van der Waals surface area contributed by atoms with E-state index < -0.39 is 11.8 Å². The molecule has 16 heavy (non-hydrogen) atoms. The summed E-state index contributed by atoms with van der Waals surface area (Å²) in [6.07, 6.45) is 3.22. The van der Waals surface area contributed by atoms with Crippen LogP contribution in [0.3, 0.4) is 0 Å².